The highest BCUT2D eigenvalue weighted by Gasteiger charge is 2.18. The van der Waals surface area contributed by atoms with Crippen molar-refractivity contribution in [2.75, 3.05) is 0 Å². The van der Waals surface area contributed by atoms with Gasteiger partial charge in [0.2, 0.25) is 0 Å². The maximum absolute atomic E-state index is 13.8. The van der Waals surface area contributed by atoms with E-state index in [2.05, 4.69) is 0 Å². The summed E-state index contributed by atoms with van der Waals surface area (Å²) in [4.78, 5) is 22.0. The van der Waals surface area contributed by atoms with Crippen LogP contribution in [0.3, 0.4) is 0 Å². The summed E-state index contributed by atoms with van der Waals surface area (Å²) >= 11 is 0. The lowest BCUT2D eigenvalue weighted by atomic mass is 9.98. The molecular weight excluding hydrogens is 249 g/mol. The second-order valence-corrected chi connectivity index (χ2v) is 4.07. The summed E-state index contributed by atoms with van der Waals surface area (Å²) in [6, 6.07) is 9.82. The summed E-state index contributed by atoms with van der Waals surface area (Å²) < 4.78 is 13.8. The molecule has 0 saturated heterocycles. The number of nitrogens with zero attached hydrogens (tertiary/aromatic N) is 1. The number of carbonyl (C=O) groups is 1. The highest BCUT2D eigenvalue weighted by Crippen LogP contribution is 2.20. The van der Waals surface area contributed by atoms with Gasteiger partial charge in [-0.05, 0) is 18.6 Å². The van der Waals surface area contributed by atoms with Gasteiger partial charge in [-0.1, -0.05) is 24.3 Å². The third-order valence-corrected chi connectivity index (χ3v) is 2.80. The molecule has 0 heterocycles. The highest BCUT2D eigenvalue weighted by molar-refractivity contribution is 6.10. The van der Waals surface area contributed by atoms with Crippen molar-refractivity contribution in [3.8, 4) is 0 Å². The summed E-state index contributed by atoms with van der Waals surface area (Å²) in [6.45, 7) is 1.75. The molecule has 0 N–H and O–H groups in total. The molecule has 0 spiro atoms. The molecule has 0 atom stereocenters. The number of non-ortho nitro benzene ring substituents is 1. The van der Waals surface area contributed by atoms with Gasteiger partial charge >= 0.3 is 0 Å². The zero-order valence-electron chi connectivity index (χ0n) is 10.1. The Morgan fingerprint density at radius 2 is 1.84 bits per heavy atom. The zero-order chi connectivity index (χ0) is 14.0. The molecule has 0 aromatic heterocycles. The first-order valence-electron chi connectivity index (χ1n) is 5.55. The van der Waals surface area contributed by atoms with Crippen molar-refractivity contribution in [1.82, 2.24) is 0 Å². The van der Waals surface area contributed by atoms with Crippen LogP contribution in [0.5, 0.6) is 0 Å². The van der Waals surface area contributed by atoms with Crippen molar-refractivity contribution in [3.05, 3.63) is 75.1 Å². The van der Waals surface area contributed by atoms with Crippen LogP contribution in [0, 0.1) is 22.9 Å². The zero-order valence-corrected chi connectivity index (χ0v) is 10.1. The summed E-state index contributed by atoms with van der Waals surface area (Å²) in [6.07, 6.45) is 0. The van der Waals surface area contributed by atoms with Crippen LogP contribution in [0.2, 0.25) is 0 Å². The van der Waals surface area contributed by atoms with E-state index in [1.54, 1.807) is 31.2 Å². The van der Waals surface area contributed by atoms with Gasteiger partial charge in [0, 0.05) is 11.6 Å². The van der Waals surface area contributed by atoms with Crippen LogP contribution in [0.1, 0.15) is 21.5 Å². The molecule has 5 heteroatoms. The number of aryl methyl sites for hydroxylation is 1. The van der Waals surface area contributed by atoms with E-state index in [4.69, 9.17) is 0 Å². The van der Waals surface area contributed by atoms with E-state index in [0.717, 1.165) is 23.8 Å². The van der Waals surface area contributed by atoms with Gasteiger partial charge < -0.3 is 0 Å². The monoisotopic (exact) mass is 259 g/mol. The molecule has 96 valence electrons. The Kier molecular flexibility index (Phi) is 3.37. The number of carbonyl (C=O) groups excluding carboxylic acids is 1. The van der Waals surface area contributed by atoms with Crippen molar-refractivity contribution >= 4 is 11.5 Å². The number of nitro groups is 1. The summed E-state index contributed by atoms with van der Waals surface area (Å²) in [5, 5.41) is 10.5. The smallest absolute Gasteiger partial charge is 0.272 e. The Balaban J connectivity index is 2.46. The molecule has 0 unspecified atom stereocenters. The minimum atomic E-state index is -0.887. The molecular formula is C14H10FNO3. The summed E-state index contributed by atoms with van der Waals surface area (Å²) in [5.74, 6) is -1.37. The first-order chi connectivity index (χ1) is 9.00. The third-order valence-electron chi connectivity index (χ3n) is 2.80. The SMILES string of the molecule is Cc1ccccc1C(=O)c1ccc([N+](=O)[O-])cc1F. The molecule has 2 aromatic rings. The molecule has 0 amide bonds. The first kappa shape index (κ1) is 12.9. The number of nitro benzene ring substituents is 1. The van der Waals surface area contributed by atoms with Gasteiger partial charge in [0.05, 0.1) is 16.6 Å². The van der Waals surface area contributed by atoms with E-state index < -0.39 is 16.5 Å². The van der Waals surface area contributed by atoms with Crippen LogP contribution in [0.15, 0.2) is 42.5 Å². The predicted molar refractivity (Wildman–Crippen MR) is 67.7 cm³/mol. The lowest BCUT2D eigenvalue weighted by Crippen LogP contribution is -2.06. The highest BCUT2D eigenvalue weighted by atomic mass is 19.1. The van der Waals surface area contributed by atoms with Crippen LogP contribution < -0.4 is 0 Å². The van der Waals surface area contributed by atoms with Crippen LogP contribution in [0.4, 0.5) is 10.1 Å². The first-order valence-corrected chi connectivity index (χ1v) is 5.55. The van der Waals surface area contributed by atoms with Gasteiger partial charge in [-0.3, -0.25) is 14.9 Å². The summed E-state index contributed by atoms with van der Waals surface area (Å²) in [7, 11) is 0. The van der Waals surface area contributed by atoms with Crippen molar-refractivity contribution < 1.29 is 14.1 Å². The van der Waals surface area contributed by atoms with Crippen LogP contribution >= 0.6 is 0 Å². The third kappa shape index (κ3) is 2.49. The fourth-order valence-electron chi connectivity index (χ4n) is 1.77. The van der Waals surface area contributed by atoms with E-state index in [1.165, 1.54) is 0 Å². The average Bonchev–Trinajstić information content (AvgIpc) is 2.38. The quantitative estimate of drug-likeness (QED) is 0.483. The molecule has 2 aromatic carbocycles. The normalized spacial score (nSPS) is 10.2. The minimum absolute atomic E-state index is 0.167. The van der Waals surface area contributed by atoms with Crippen LogP contribution in [0.25, 0.3) is 0 Å². The van der Waals surface area contributed by atoms with Crippen molar-refractivity contribution in [2.24, 2.45) is 0 Å². The lowest BCUT2D eigenvalue weighted by molar-refractivity contribution is -0.385. The Hall–Kier alpha value is -2.56. The molecule has 4 nitrogen and oxygen atoms in total. The molecule has 2 rings (SSSR count). The maximum atomic E-state index is 13.8. The molecule has 0 aliphatic rings. The fourth-order valence-corrected chi connectivity index (χ4v) is 1.77. The Labute approximate surface area is 108 Å². The van der Waals surface area contributed by atoms with Gasteiger partial charge in [-0.25, -0.2) is 4.39 Å². The summed E-state index contributed by atoms with van der Waals surface area (Å²) in [5.41, 5.74) is 0.569. The molecule has 0 bridgehead atoms. The molecule has 19 heavy (non-hydrogen) atoms. The van der Waals surface area contributed by atoms with E-state index in [0.29, 0.717) is 5.56 Å². The van der Waals surface area contributed by atoms with Crippen molar-refractivity contribution in [2.45, 2.75) is 6.92 Å². The van der Waals surface area contributed by atoms with Gasteiger partial charge in [0.15, 0.2) is 5.78 Å². The lowest BCUT2D eigenvalue weighted by Gasteiger charge is -2.05. The minimum Gasteiger partial charge on any atom is -0.288 e. The van der Waals surface area contributed by atoms with Crippen LogP contribution in [-0.4, -0.2) is 10.7 Å². The molecule has 0 aliphatic carbocycles. The van der Waals surface area contributed by atoms with Crippen molar-refractivity contribution in [1.29, 1.82) is 0 Å². The molecule has 0 saturated carbocycles. The molecule has 0 radical (unpaired) electrons. The number of rotatable bonds is 3. The number of benzene rings is 2. The molecule has 0 fully saturated rings. The van der Waals surface area contributed by atoms with E-state index in [9.17, 15) is 19.3 Å². The Bertz CT molecular complexity index is 667. The number of halogens is 1. The predicted octanol–water partition coefficient (Wildman–Crippen LogP) is 3.27. The average molecular weight is 259 g/mol. The Morgan fingerprint density at radius 1 is 1.16 bits per heavy atom. The number of hydrogen-bond donors (Lipinski definition) is 0. The molecule has 0 aliphatic heterocycles. The second-order valence-electron chi connectivity index (χ2n) is 4.07. The van der Waals surface area contributed by atoms with Gasteiger partial charge in [-0.2, -0.15) is 0 Å². The second kappa shape index (κ2) is 4.97. The van der Waals surface area contributed by atoms with Gasteiger partial charge in [-0.15, -0.1) is 0 Å². The van der Waals surface area contributed by atoms with E-state index in [1.807, 2.05) is 0 Å². The fraction of sp³-hybridized carbons (Fsp3) is 0.0714. The largest absolute Gasteiger partial charge is 0.288 e. The number of ketones is 1. The maximum Gasteiger partial charge on any atom is 0.272 e. The van der Waals surface area contributed by atoms with Gasteiger partial charge in [0.1, 0.15) is 5.82 Å². The van der Waals surface area contributed by atoms with Crippen molar-refractivity contribution in [3.63, 3.8) is 0 Å². The van der Waals surface area contributed by atoms with E-state index in [-0.39, 0.29) is 11.3 Å². The van der Waals surface area contributed by atoms with Gasteiger partial charge in [0.25, 0.3) is 5.69 Å². The standard InChI is InChI=1S/C14H10FNO3/c1-9-4-2-3-5-11(9)14(17)12-7-6-10(16(18)19)8-13(12)15/h2-8H,1H3. The van der Waals surface area contributed by atoms with E-state index >= 15 is 0 Å². The Morgan fingerprint density at radius 3 is 2.42 bits per heavy atom. The van der Waals surface area contributed by atoms with Crippen LogP contribution in [-0.2, 0) is 0 Å². The number of hydrogen-bond acceptors (Lipinski definition) is 3. The topological polar surface area (TPSA) is 60.2 Å².